The molecule has 1 aliphatic rings. The third kappa shape index (κ3) is 3.54. The summed E-state index contributed by atoms with van der Waals surface area (Å²) >= 11 is 0. The van der Waals surface area contributed by atoms with E-state index < -0.39 is 4.92 Å². The summed E-state index contributed by atoms with van der Waals surface area (Å²) in [6.07, 6.45) is 4.17. The largest absolute Gasteiger partial charge is 0.433 e. The third-order valence-corrected chi connectivity index (χ3v) is 2.67. The van der Waals surface area contributed by atoms with E-state index in [-0.39, 0.29) is 17.7 Å². The van der Waals surface area contributed by atoms with Gasteiger partial charge in [-0.05, 0) is 25.3 Å². The van der Waals surface area contributed by atoms with Crippen LogP contribution in [0.15, 0.2) is 21.7 Å². The SMILES string of the molecule is O=C1NCCCCCN1/N=C/c1ccc([N+](=O)[O-])o1. The molecule has 0 saturated carbocycles. The van der Waals surface area contributed by atoms with Gasteiger partial charge >= 0.3 is 11.9 Å². The highest BCUT2D eigenvalue weighted by Crippen LogP contribution is 2.14. The van der Waals surface area contributed by atoms with Crippen LogP contribution in [-0.4, -0.2) is 35.3 Å². The van der Waals surface area contributed by atoms with E-state index in [2.05, 4.69) is 10.4 Å². The highest BCUT2D eigenvalue weighted by molar-refractivity contribution is 5.79. The number of hydrazone groups is 1. The van der Waals surface area contributed by atoms with E-state index in [1.807, 2.05) is 0 Å². The molecule has 2 heterocycles. The Balaban J connectivity index is 2.02. The van der Waals surface area contributed by atoms with Crippen molar-refractivity contribution in [1.82, 2.24) is 10.3 Å². The van der Waals surface area contributed by atoms with Crippen molar-refractivity contribution in [1.29, 1.82) is 0 Å². The van der Waals surface area contributed by atoms with Crippen molar-refractivity contribution in [3.05, 3.63) is 28.0 Å². The van der Waals surface area contributed by atoms with Crippen molar-refractivity contribution in [3.63, 3.8) is 0 Å². The van der Waals surface area contributed by atoms with Gasteiger partial charge in [-0.15, -0.1) is 0 Å². The first-order valence-corrected chi connectivity index (χ1v) is 6.00. The average Bonchev–Trinajstić information content (AvgIpc) is 2.82. The van der Waals surface area contributed by atoms with Gasteiger partial charge in [-0.2, -0.15) is 5.10 Å². The summed E-state index contributed by atoms with van der Waals surface area (Å²) in [4.78, 5) is 21.5. The Morgan fingerprint density at radius 1 is 1.42 bits per heavy atom. The average molecular weight is 266 g/mol. The molecule has 8 nitrogen and oxygen atoms in total. The summed E-state index contributed by atoms with van der Waals surface area (Å²) in [6, 6.07) is 2.41. The standard InChI is InChI=1S/C11H14N4O4/c16-11-12-6-2-1-3-7-14(11)13-8-9-4-5-10(19-9)15(17)18/h4-5,8H,1-3,6-7H2,(H,12,16)/b13-8+. The molecular weight excluding hydrogens is 252 g/mol. The molecule has 0 bridgehead atoms. The van der Waals surface area contributed by atoms with Gasteiger partial charge in [0, 0.05) is 13.1 Å². The predicted molar refractivity (Wildman–Crippen MR) is 66.9 cm³/mol. The Hall–Kier alpha value is -2.38. The summed E-state index contributed by atoms with van der Waals surface area (Å²) in [6.45, 7) is 1.15. The number of rotatable bonds is 3. The minimum Gasteiger partial charge on any atom is -0.400 e. The molecule has 0 spiro atoms. The van der Waals surface area contributed by atoms with Gasteiger partial charge in [0.15, 0.2) is 5.76 Å². The molecule has 102 valence electrons. The van der Waals surface area contributed by atoms with Crippen LogP contribution < -0.4 is 5.32 Å². The van der Waals surface area contributed by atoms with Gasteiger partial charge in [-0.1, -0.05) is 0 Å². The molecule has 0 radical (unpaired) electrons. The summed E-state index contributed by atoms with van der Waals surface area (Å²) in [5.41, 5.74) is 0. The minimum absolute atomic E-state index is 0.238. The number of carbonyl (C=O) groups excluding carboxylic acids is 1. The number of nitrogens with one attached hydrogen (secondary N) is 1. The lowest BCUT2D eigenvalue weighted by atomic mass is 10.2. The van der Waals surface area contributed by atoms with E-state index in [9.17, 15) is 14.9 Å². The first-order valence-electron chi connectivity index (χ1n) is 6.00. The lowest BCUT2D eigenvalue weighted by Crippen LogP contribution is -2.39. The molecule has 1 fully saturated rings. The second-order valence-corrected chi connectivity index (χ2v) is 4.09. The Labute approximate surface area is 109 Å². The fourth-order valence-corrected chi connectivity index (χ4v) is 1.70. The topological polar surface area (TPSA) is 101 Å². The smallest absolute Gasteiger partial charge is 0.400 e. The Morgan fingerprint density at radius 2 is 2.26 bits per heavy atom. The van der Waals surface area contributed by atoms with Crippen LogP contribution >= 0.6 is 0 Å². The zero-order valence-electron chi connectivity index (χ0n) is 10.2. The molecule has 0 aromatic carbocycles. The van der Waals surface area contributed by atoms with Crippen LogP contribution in [0.5, 0.6) is 0 Å². The van der Waals surface area contributed by atoms with E-state index in [0.717, 1.165) is 19.3 Å². The first kappa shape index (κ1) is 13.1. The van der Waals surface area contributed by atoms with E-state index in [4.69, 9.17) is 4.42 Å². The van der Waals surface area contributed by atoms with Gasteiger partial charge < -0.3 is 9.73 Å². The van der Waals surface area contributed by atoms with Crippen molar-refractivity contribution in [2.24, 2.45) is 5.10 Å². The van der Waals surface area contributed by atoms with Crippen LogP contribution in [-0.2, 0) is 0 Å². The van der Waals surface area contributed by atoms with Crippen molar-refractivity contribution in [2.45, 2.75) is 19.3 Å². The highest BCUT2D eigenvalue weighted by Gasteiger charge is 2.14. The van der Waals surface area contributed by atoms with Gasteiger partial charge in [-0.3, -0.25) is 10.1 Å². The molecule has 2 rings (SSSR count). The number of urea groups is 1. The molecule has 19 heavy (non-hydrogen) atoms. The van der Waals surface area contributed by atoms with E-state index in [1.165, 1.54) is 23.4 Å². The maximum absolute atomic E-state index is 11.7. The number of carbonyl (C=O) groups is 1. The maximum Gasteiger partial charge on any atom is 0.433 e. The molecule has 0 aliphatic carbocycles. The quantitative estimate of drug-likeness (QED) is 0.511. The molecule has 1 aromatic rings. The highest BCUT2D eigenvalue weighted by atomic mass is 16.6. The Morgan fingerprint density at radius 3 is 3.00 bits per heavy atom. The minimum atomic E-state index is -0.625. The van der Waals surface area contributed by atoms with Gasteiger partial charge in [0.25, 0.3) is 0 Å². The second kappa shape index (κ2) is 5.98. The van der Waals surface area contributed by atoms with Gasteiger partial charge in [0.05, 0.1) is 12.3 Å². The molecule has 0 atom stereocenters. The molecule has 1 N–H and O–H groups in total. The van der Waals surface area contributed by atoms with Crippen LogP contribution in [0, 0.1) is 10.1 Å². The van der Waals surface area contributed by atoms with Crippen molar-refractivity contribution in [2.75, 3.05) is 13.1 Å². The van der Waals surface area contributed by atoms with E-state index in [1.54, 1.807) is 0 Å². The molecular formula is C11H14N4O4. The lowest BCUT2D eigenvalue weighted by molar-refractivity contribution is -0.402. The van der Waals surface area contributed by atoms with Crippen LogP contribution in [0.25, 0.3) is 0 Å². The van der Waals surface area contributed by atoms with Crippen LogP contribution in [0.2, 0.25) is 0 Å². The Bertz CT molecular complexity index is 497. The zero-order chi connectivity index (χ0) is 13.7. The molecule has 1 aliphatic heterocycles. The predicted octanol–water partition coefficient (Wildman–Crippen LogP) is 1.72. The maximum atomic E-state index is 11.7. The van der Waals surface area contributed by atoms with Gasteiger partial charge in [0.1, 0.15) is 4.92 Å². The number of nitrogens with zero attached hydrogens (tertiary/aromatic N) is 3. The lowest BCUT2D eigenvalue weighted by Gasteiger charge is -2.20. The summed E-state index contributed by atoms with van der Waals surface area (Å²) < 4.78 is 4.92. The zero-order valence-corrected chi connectivity index (χ0v) is 10.2. The number of nitro groups is 1. The van der Waals surface area contributed by atoms with Crippen molar-refractivity contribution in [3.8, 4) is 0 Å². The Kier molecular flexibility index (Phi) is 4.11. The monoisotopic (exact) mass is 266 g/mol. The molecule has 0 unspecified atom stereocenters. The van der Waals surface area contributed by atoms with Crippen LogP contribution in [0.4, 0.5) is 10.7 Å². The summed E-state index contributed by atoms with van der Waals surface area (Å²) in [5, 5.41) is 18.5. The molecule has 8 heteroatoms. The number of furan rings is 1. The number of hydrogen-bond donors (Lipinski definition) is 1. The third-order valence-electron chi connectivity index (χ3n) is 2.67. The molecule has 1 aromatic heterocycles. The van der Waals surface area contributed by atoms with E-state index >= 15 is 0 Å². The normalized spacial score (nSPS) is 17.1. The van der Waals surface area contributed by atoms with Crippen molar-refractivity contribution >= 4 is 18.1 Å². The number of hydrogen-bond acceptors (Lipinski definition) is 5. The van der Waals surface area contributed by atoms with Crippen LogP contribution in [0.1, 0.15) is 25.0 Å². The molecule has 1 saturated heterocycles. The fourth-order valence-electron chi connectivity index (χ4n) is 1.70. The van der Waals surface area contributed by atoms with Gasteiger partial charge in [-0.25, -0.2) is 9.80 Å². The fraction of sp³-hybridized carbons (Fsp3) is 0.455. The van der Waals surface area contributed by atoms with Crippen molar-refractivity contribution < 1.29 is 14.1 Å². The molecule has 2 amide bonds. The van der Waals surface area contributed by atoms with Gasteiger partial charge in [0.2, 0.25) is 0 Å². The summed E-state index contributed by atoms with van der Waals surface area (Å²) in [7, 11) is 0. The van der Waals surface area contributed by atoms with E-state index in [0.29, 0.717) is 13.1 Å². The summed E-state index contributed by atoms with van der Waals surface area (Å²) in [5.74, 6) is -0.111. The number of amides is 2. The first-order chi connectivity index (χ1) is 9.16. The second-order valence-electron chi connectivity index (χ2n) is 4.09. The van der Waals surface area contributed by atoms with Crippen LogP contribution in [0.3, 0.4) is 0 Å².